The average molecular weight is 818 g/mol. The molecule has 3 aromatic carbocycles. The summed E-state index contributed by atoms with van der Waals surface area (Å²) < 4.78 is 36.7. The topological polar surface area (TPSA) is 77.8 Å². The molecule has 0 aliphatic heterocycles. The SMILES string of the molecule is CC(C)(C)c1ccc(-c2[c-]cccc2)nc1.[2H]C([2H])([2H])c1c[c-]c(-c2cc(C(C)(C)C)ncn2)c2oc3c(ccc4oc(C(C)(C)C)nc43)c12.[Ir]. The van der Waals surface area contributed by atoms with Crippen molar-refractivity contribution in [1.29, 1.82) is 0 Å². The van der Waals surface area contributed by atoms with Crippen LogP contribution in [0.1, 0.15) is 89.1 Å². The van der Waals surface area contributed by atoms with Crippen LogP contribution in [0.2, 0.25) is 0 Å². The molecule has 0 aliphatic carbocycles. The van der Waals surface area contributed by atoms with E-state index in [1.807, 2.05) is 69.4 Å². The predicted molar refractivity (Wildman–Crippen MR) is 190 cm³/mol. The van der Waals surface area contributed by atoms with E-state index in [0.717, 1.165) is 17.0 Å². The number of aromatic nitrogens is 4. The van der Waals surface area contributed by atoms with Crippen molar-refractivity contribution in [1.82, 2.24) is 19.9 Å². The number of rotatable bonds is 2. The molecule has 0 saturated carbocycles. The van der Waals surface area contributed by atoms with Crippen molar-refractivity contribution < 1.29 is 33.1 Å². The normalized spacial score (nSPS) is 13.4. The Morgan fingerprint density at radius 3 is 2.17 bits per heavy atom. The summed E-state index contributed by atoms with van der Waals surface area (Å²) in [6.45, 7) is 16.5. The van der Waals surface area contributed by atoms with E-state index >= 15 is 0 Å². The summed E-state index contributed by atoms with van der Waals surface area (Å²) in [6, 6.07) is 25.5. The van der Waals surface area contributed by atoms with Gasteiger partial charge < -0.3 is 13.8 Å². The minimum Gasteiger partial charge on any atom is -0.498 e. The number of oxazole rings is 1. The number of hydrogen-bond acceptors (Lipinski definition) is 6. The van der Waals surface area contributed by atoms with Crippen LogP contribution in [0, 0.1) is 19.0 Å². The van der Waals surface area contributed by atoms with Crippen molar-refractivity contribution >= 4 is 33.0 Å². The van der Waals surface area contributed by atoms with E-state index in [0.29, 0.717) is 50.2 Å². The molecule has 0 N–H and O–H groups in total. The van der Waals surface area contributed by atoms with Crippen molar-refractivity contribution in [2.75, 3.05) is 0 Å². The molecule has 249 valence electrons. The minimum atomic E-state index is -2.35. The molecule has 48 heavy (non-hydrogen) atoms. The zero-order valence-electron chi connectivity index (χ0n) is 31.9. The molecule has 0 amide bonds. The average Bonchev–Trinajstić information content (AvgIpc) is 3.67. The van der Waals surface area contributed by atoms with E-state index in [1.54, 1.807) is 0 Å². The first-order chi connectivity index (χ1) is 23.3. The quantitative estimate of drug-likeness (QED) is 0.162. The number of benzene rings is 3. The molecule has 0 spiro atoms. The first-order valence-corrected chi connectivity index (χ1v) is 15.8. The third kappa shape index (κ3) is 6.99. The Morgan fingerprint density at radius 2 is 1.54 bits per heavy atom. The van der Waals surface area contributed by atoms with Crippen molar-refractivity contribution in [3.63, 3.8) is 0 Å². The summed E-state index contributed by atoms with van der Waals surface area (Å²) in [5.41, 5.74) is 7.27. The largest absolute Gasteiger partial charge is 0.498 e. The molecule has 4 aromatic heterocycles. The monoisotopic (exact) mass is 818 g/mol. The third-order valence-electron chi connectivity index (χ3n) is 8.02. The molecule has 0 saturated heterocycles. The first kappa shape index (κ1) is 31.1. The summed E-state index contributed by atoms with van der Waals surface area (Å²) in [7, 11) is 0. The van der Waals surface area contributed by atoms with Gasteiger partial charge >= 0.3 is 0 Å². The van der Waals surface area contributed by atoms with Gasteiger partial charge in [-0.15, -0.1) is 53.6 Å². The number of fused-ring (bicyclic) bond motifs is 5. The van der Waals surface area contributed by atoms with Crippen LogP contribution in [-0.2, 0) is 36.4 Å². The fourth-order valence-electron chi connectivity index (χ4n) is 5.24. The Kier molecular flexibility index (Phi) is 8.44. The molecule has 0 atom stereocenters. The summed E-state index contributed by atoms with van der Waals surface area (Å²) in [5.74, 6) is 0.587. The van der Waals surface area contributed by atoms with Gasteiger partial charge in [-0.3, -0.25) is 4.98 Å². The summed E-state index contributed by atoms with van der Waals surface area (Å²) in [4.78, 5) is 18.1. The zero-order valence-corrected chi connectivity index (χ0v) is 31.3. The van der Waals surface area contributed by atoms with Gasteiger partial charge in [-0.05, 0) is 34.5 Å². The minimum absolute atomic E-state index is 0. The van der Waals surface area contributed by atoms with Gasteiger partial charge in [0.25, 0.3) is 0 Å². The van der Waals surface area contributed by atoms with E-state index in [1.165, 1.54) is 18.0 Å². The Balaban J connectivity index is 0.000000249. The third-order valence-corrected chi connectivity index (χ3v) is 8.02. The number of nitrogens with zero attached hydrogens (tertiary/aromatic N) is 4. The summed E-state index contributed by atoms with van der Waals surface area (Å²) in [5, 5.41) is 1.18. The van der Waals surface area contributed by atoms with Gasteiger partial charge in [-0.2, -0.15) is 0 Å². The van der Waals surface area contributed by atoms with Gasteiger partial charge in [0, 0.05) is 52.3 Å². The van der Waals surface area contributed by atoms with Crippen LogP contribution < -0.4 is 0 Å². The van der Waals surface area contributed by atoms with Gasteiger partial charge in [0.15, 0.2) is 16.7 Å². The van der Waals surface area contributed by atoms with Gasteiger partial charge in [-0.25, -0.2) is 9.97 Å². The number of hydrogen-bond donors (Lipinski definition) is 0. The number of pyridine rings is 1. The van der Waals surface area contributed by atoms with E-state index < -0.39 is 6.85 Å². The van der Waals surface area contributed by atoms with Crippen molar-refractivity contribution in [3.8, 4) is 22.5 Å². The van der Waals surface area contributed by atoms with E-state index in [-0.39, 0.29) is 41.9 Å². The van der Waals surface area contributed by atoms with Crippen LogP contribution in [0.5, 0.6) is 0 Å². The fraction of sp³-hybridized carbons (Fsp3) is 0.317. The van der Waals surface area contributed by atoms with Gasteiger partial charge in [0.05, 0.1) is 5.58 Å². The molecule has 0 unspecified atom stereocenters. The van der Waals surface area contributed by atoms with Crippen LogP contribution in [0.3, 0.4) is 0 Å². The van der Waals surface area contributed by atoms with Gasteiger partial charge in [0.1, 0.15) is 6.33 Å². The second-order valence-electron chi connectivity index (χ2n) is 14.9. The van der Waals surface area contributed by atoms with E-state index in [9.17, 15) is 0 Å². The van der Waals surface area contributed by atoms with Crippen molar-refractivity contribution in [3.05, 3.63) is 108 Å². The van der Waals surface area contributed by atoms with Crippen LogP contribution >= 0.6 is 0 Å². The van der Waals surface area contributed by atoms with Crippen LogP contribution in [0.4, 0.5) is 0 Å². The number of aryl methyl sites for hydroxylation is 1. The Morgan fingerprint density at radius 1 is 0.750 bits per heavy atom. The van der Waals surface area contributed by atoms with Crippen LogP contribution in [0.15, 0.2) is 82.0 Å². The summed E-state index contributed by atoms with van der Waals surface area (Å²) in [6.07, 6.45) is 3.47. The molecule has 7 heteroatoms. The molecule has 0 bridgehead atoms. The van der Waals surface area contributed by atoms with E-state index in [4.69, 9.17) is 17.9 Å². The maximum Gasteiger partial charge on any atom is 0.200 e. The second kappa shape index (κ2) is 13.0. The van der Waals surface area contributed by atoms with Crippen LogP contribution in [-0.4, -0.2) is 19.9 Å². The molecule has 7 rings (SSSR count). The van der Waals surface area contributed by atoms with Crippen molar-refractivity contribution in [2.45, 2.75) is 85.4 Å². The molecule has 7 aromatic rings. The molecule has 1 radical (unpaired) electrons. The van der Waals surface area contributed by atoms with Crippen LogP contribution in [0.25, 0.3) is 55.6 Å². The second-order valence-corrected chi connectivity index (χ2v) is 14.9. The van der Waals surface area contributed by atoms with E-state index in [2.05, 4.69) is 80.8 Å². The Bertz CT molecular complexity index is 2310. The number of furan rings is 1. The maximum absolute atomic E-state index is 8.12. The van der Waals surface area contributed by atoms with Crippen molar-refractivity contribution in [2.24, 2.45) is 0 Å². The smallest absolute Gasteiger partial charge is 0.200 e. The Hall–Kier alpha value is -4.19. The standard InChI is InChI=1S/C26H26N3O2.C15H16N.Ir/c1-14-8-9-15(17-12-19(25(2,3)4)28-13-27-17)22-20(14)16-10-11-18-21(23(16)31-22)29-24(30-18)26(5,6)7;1-15(2,3)13-9-10-14(16-11-13)12-7-5-4-6-8-12;/h8,10-13H,1-7H3;4-7,9-11H,1-3H3;/q2*-1;/i1D3;;. The molecular weight excluding hydrogens is 773 g/mol. The fourth-order valence-corrected chi connectivity index (χ4v) is 5.24. The summed E-state index contributed by atoms with van der Waals surface area (Å²) >= 11 is 0. The Labute approximate surface area is 301 Å². The molecule has 0 aliphatic rings. The maximum atomic E-state index is 8.12. The molecule has 0 fully saturated rings. The molecule has 6 nitrogen and oxygen atoms in total. The zero-order chi connectivity index (χ0) is 36.2. The molecule has 4 heterocycles. The molecular formula is C41H42IrN4O2-2. The van der Waals surface area contributed by atoms with Gasteiger partial charge in [0.2, 0.25) is 5.89 Å². The first-order valence-electron chi connectivity index (χ1n) is 17.3. The van der Waals surface area contributed by atoms with Gasteiger partial charge in [-0.1, -0.05) is 98.3 Å². The predicted octanol–water partition coefficient (Wildman–Crippen LogP) is 10.7.